The molecule has 0 N–H and O–H groups in total. The lowest BCUT2D eigenvalue weighted by Gasteiger charge is -2.15. The highest BCUT2D eigenvalue weighted by Crippen LogP contribution is 2.21. The van der Waals surface area contributed by atoms with Crippen LogP contribution in [0.3, 0.4) is 0 Å². The van der Waals surface area contributed by atoms with Crippen LogP contribution in [-0.2, 0) is 4.74 Å². The molecule has 1 nitrogen and oxygen atoms in total. The van der Waals surface area contributed by atoms with Gasteiger partial charge in [0.15, 0.2) is 6.67 Å². The van der Waals surface area contributed by atoms with Gasteiger partial charge in [0, 0.05) is 0 Å². The molecule has 0 saturated carbocycles. The van der Waals surface area contributed by atoms with E-state index in [9.17, 15) is 26.3 Å². The molecule has 0 aliphatic carbocycles. The topological polar surface area (TPSA) is 9.23 Å². The van der Waals surface area contributed by atoms with E-state index >= 15 is 0 Å². The van der Waals surface area contributed by atoms with Gasteiger partial charge in [-0.2, -0.15) is 8.78 Å². The van der Waals surface area contributed by atoms with E-state index < -0.39 is 25.6 Å². The van der Waals surface area contributed by atoms with Gasteiger partial charge in [0.05, 0.1) is 0 Å². The highest BCUT2D eigenvalue weighted by atomic mass is 19.3. The molecule has 0 aromatic heterocycles. The molecule has 1 unspecified atom stereocenters. The lowest BCUT2D eigenvalue weighted by Crippen LogP contribution is -2.31. The molecule has 0 aromatic carbocycles. The number of ether oxygens (including phenoxy) is 1. The van der Waals surface area contributed by atoms with E-state index in [2.05, 4.69) is 4.74 Å². The van der Waals surface area contributed by atoms with Crippen molar-refractivity contribution < 1.29 is 31.1 Å². The summed E-state index contributed by atoms with van der Waals surface area (Å²) in [6.07, 6.45) is -11.6. The highest BCUT2D eigenvalue weighted by molar-refractivity contribution is 4.52. The second-order valence-corrected chi connectivity index (χ2v) is 1.57. The minimum atomic E-state index is -4.48. The Morgan fingerprint density at radius 2 is 1.64 bits per heavy atom. The average Bonchev–Trinajstić information content (AvgIpc) is 1.87. The van der Waals surface area contributed by atoms with Crippen LogP contribution in [0.2, 0.25) is 0 Å². The Morgan fingerprint density at radius 3 is 1.91 bits per heavy atom. The van der Waals surface area contributed by atoms with Crippen molar-refractivity contribution in [2.45, 2.75) is 18.9 Å². The van der Waals surface area contributed by atoms with Crippen molar-refractivity contribution in [3.05, 3.63) is 0 Å². The Morgan fingerprint density at radius 1 is 1.18 bits per heavy atom. The predicted octanol–water partition coefficient (Wildman–Crippen LogP) is 2.13. The lowest BCUT2D eigenvalue weighted by atomic mass is 10.6. The molecular weight excluding hydrogens is 178 g/mol. The van der Waals surface area contributed by atoms with Crippen molar-refractivity contribution in [1.82, 2.24) is 0 Å². The fourth-order valence-corrected chi connectivity index (χ4v) is 0.248. The number of rotatable bonds is 4. The Hall–Kier alpha value is -0.460. The van der Waals surface area contributed by atoms with E-state index in [1.165, 1.54) is 0 Å². The maximum Gasteiger partial charge on any atom is 0.386 e. The van der Waals surface area contributed by atoms with Gasteiger partial charge < -0.3 is 0 Å². The summed E-state index contributed by atoms with van der Waals surface area (Å²) < 4.78 is 70.9. The number of hydrogen-bond acceptors (Lipinski definition) is 1. The Balaban J connectivity index is 3.83. The first-order valence-electron chi connectivity index (χ1n) is 2.43. The first-order chi connectivity index (χ1) is 4.89. The predicted molar refractivity (Wildman–Crippen MR) is 22.9 cm³/mol. The molecule has 0 aromatic rings. The van der Waals surface area contributed by atoms with Gasteiger partial charge in [-0.3, -0.25) is 4.74 Å². The van der Waals surface area contributed by atoms with E-state index in [1.807, 2.05) is 0 Å². The molecule has 0 saturated heterocycles. The Kier molecular flexibility index (Phi) is 3.64. The minimum absolute atomic E-state index is 2.33. The molecule has 1 atom stereocenters. The summed E-state index contributed by atoms with van der Waals surface area (Å²) in [5.41, 5.74) is 0. The van der Waals surface area contributed by atoms with Gasteiger partial charge in [0.25, 0.3) is 12.8 Å². The van der Waals surface area contributed by atoms with Crippen molar-refractivity contribution in [2.24, 2.45) is 0 Å². The summed E-state index contributed by atoms with van der Waals surface area (Å²) in [5.74, 6) is 0. The highest BCUT2D eigenvalue weighted by Gasteiger charge is 2.37. The van der Waals surface area contributed by atoms with Crippen molar-refractivity contribution in [3.8, 4) is 0 Å². The number of halogens is 6. The van der Waals surface area contributed by atoms with Crippen molar-refractivity contribution in [2.75, 3.05) is 6.67 Å². The van der Waals surface area contributed by atoms with Gasteiger partial charge in [-0.1, -0.05) is 0 Å². The van der Waals surface area contributed by atoms with Crippen LogP contribution in [-0.4, -0.2) is 25.6 Å². The van der Waals surface area contributed by atoms with Crippen LogP contribution in [0.4, 0.5) is 26.3 Å². The summed E-state index contributed by atoms with van der Waals surface area (Å²) in [7, 11) is 0. The molecule has 0 aliphatic rings. The second kappa shape index (κ2) is 3.80. The van der Waals surface area contributed by atoms with Crippen molar-refractivity contribution >= 4 is 0 Å². The zero-order valence-corrected chi connectivity index (χ0v) is 5.04. The van der Waals surface area contributed by atoms with Crippen molar-refractivity contribution in [3.63, 3.8) is 0 Å². The largest absolute Gasteiger partial charge is 0.386 e. The van der Waals surface area contributed by atoms with E-state index in [-0.39, 0.29) is 0 Å². The molecule has 0 bridgehead atoms. The minimum Gasteiger partial charge on any atom is -0.278 e. The Bertz CT molecular complexity index is 115. The quantitative estimate of drug-likeness (QED) is 0.605. The molecular formula is C4H4F6O. The summed E-state index contributed by atoms with van der Waals surface area (Å²) >= 11 is 0. The van der Waals surface area contributed by atoms with Gasteiger partial charge in [0.1, 0.15) is 0 Å². The van der Waals surface area contributed by atoms with Gasteiger partial charge >= 0.3 is 6.11 Å². The van der Waals surface area contributed by atoms with Crippen LogP contribution in [0.1, 0.15) is 0 Å². The average molecular weight is 182 g/mol. The number of alkyl halides is 6. The summed E-state index contributed by atoms with van der Waals surface area (Å²) in [6.45, 7) is -2.33. The van der Waals surface area contributed by atoms with E-state index in [1.54, 1.807) is 0 Å². The normalized spacial score (nSPS) is 15.5. The maximum absolute atomic E-state index is 11.6. The van der Waals surface area contributed by atoms with Crippen LogP contribution in [0.25, 0.3) is 0 Å². The number of hydrogen-bond donors (Lipinski definition) is 0. The van der Waals surface area contributed by atoms with Crippen LogP contribution in [0, 0.1) is 0 Å². The SMILES string of the molecule is FCC(F)(F)OC(F)C(F)F. The Labute approximate surface area is 57.9 Å². The second-order valence-electron chi connectivity index (χ2n) is 1.57. The molecule has 68 valence electrons. The third-order valence-corrected chi connectivity index (χ3v) is 0.639. The van der Waals surface area contributed by atoms with E-state index in [0.29, 0.717) is 0 Å². The van der Waals surface area contributed by atoms with E-state index in [0.717, 1.165) is 0 Å². The van der Waals surface area contributed by atoms with Gasteiger partial charge in [-0.25, -0.2) is 17.6 Å². The third-order valence-electron chi connectivity index (χ3n) is 0.639. The van der Waals surface area contributed by atoms with Gasteiger partial charge in [-0.05, 0) is 0 Å². The van der Waals surface area contributed by atoms with Crippen LogP contribution in [0.5, 0.6) is 0 Å². The van der Waals surface area contributed by atoms with E-state index in [4.69, 9.17) is 0 Å². The molecule has 0 radical (unpaired) electrons. The molecule has 0 rings (SSSR count). The van der Waals surface area contributed by atoms with Crippen LogP contribution >= 0.6 is 0 Å². The van der Waals surface area contributed by atoms with Gasteiger partial charge in [0.2, 0.25) is 0 Å². The standard InChI is InChI=1S/C4H4F6O/c5-1-4(9,10)11-3(8)2(6)7/h2-3H,1H2. The third kappa shape index (κ3) is 4.07. The molecule has 7 heteroatoms. The first-order valence-corrected chi connectivity index (χ1v) is 2.43. The van der Waals surface area contributed by atoms with Crippen molar-refractivity contribution in [1.29, 1.82) is 0 Å². The molecule has 0 aliphatic heterocycles. The monoisotopic (exact) mass is 182 g/mol. The molecule has 11 heavy (non-hydrogen) atoms. The zero-order valence-electron chi connectivity index (χ0n) is 5.04. The summed E-state index contributed by atoms with van der Waals surface area (Å²) in [4.78, 5) is 0. The summed E-state index contributed by atoms with van der Waals surface area (Å²) in [6, 6.07) is 0. The maximum atomic E-state index is 11.6. The molecule has 0 amide bonds. The lowest BCUT2D eigenvalue weighted by molar-refractivity contribution is -0.313. The molecule has 0 heterocycles. The summed E-state index contributed by atoms with van der Waals surface area (Å²) in [5, 5.41) is 0. The smallest absolute Gasteiger partial charge is 0.278 e. The molecule has 0 spiro atoms. The van der Waals surface area contributed by atoms with Crippen LogP contribution in [0.15, 0.2) is 0 Å². The van der Waals surface area contributed by atoms with Crippen LogP contribution < -0.4 is 0 Å². The first kappa shape index (κ1) is 10.5. The fourth-order valence-electron chi connectivity index (χ4n) is 0.248. The fraction of sp³-hybridized carbons (Fsp3) is 1.00. The zero-order chi connectivity index (χ0) is 9.07. The molecule has 0 fully saturated rings. The van der Waals surface area contributed by atoms with Gasteiger partial charge in [-0.15, -0.1) is 0 Å².